The lowest BCUT2D eigenvalue weighted by molar-refractivity contribution is -0.907. The van der Waals surface area contributed by atoms with E-state index >= 15 is 0 Å². The zero-order valence-corrected chi connectivity index (χ0v) is 11.9. The summed E-state index contributed by atoms with van der Waals surface area (Å²) in [5.41, 5.74) is 1.80. The van der Waals surface area contributed by atoms with Gasteiger partial charge in [-0.3, -0.25) is 0 Å². The predicted molar refractivity (Wildman–Crippen MR) is 75.5 cm³/mol. The van der Waals surface area contributed by atoms with Crippen LogP contribution in [0.2, 0.25) is 0 Å². The van der Waals surface area contributed by atoms with Crippen molar-refractivity contribution in [3.05, 3.63) is 35.4 Å². The second kappa shape index (κ2) is 6.71. The van der Waals surface area contributed by atoms with E-state index in [1.165, 1.54) is 32.4 Å². The second-order valence-corrected chi connectivity index (χ2v) is 5.60. The maximum absolute atomic E-state index is 12.0. The van der Waals surface area contributed by atoms with Gasteiger partial charge < -0.3 is 9.64 Å². The number of nitrogens with one attached hydrogen (secondary N) is 1. The van der Waals surface area contributed by atoms with Gasteiger partial charge >= 0.3 is 5.97 Å². The molecule has 104 valence electrons. The Morgan fingerprint density at radius 1 is 1.21 bits per heavy atom. The molecule has 0 bridgehead atoms. The lowest BCUT2D eigenvalue weighted by atomic mass is 10.1. The number of carbonyl (C=O) groups excluding carboxylic acids is 1. The fourth-order valence-corrected chi connectivity index (χ4v) is 2.64. The second-order valence-electron chi connectivity index (χ2n) is 5.60. The summed E-state index contributed by atoms with van der Waals surface area (Å²) in [4.78, 5) is 13.5. The molecular weight excluding hydrogens is 238 g/mol. The quantitative estimate of drug-likeness (QED) is 0.836. The number of carbonyl (C=O) groups is 1. The highest BCUT2D eigenvalue weighted by atomic mass is 16.5. The Morgan fingerprint density at radius 2 is 1.84 bits per heavy atom. The molecule has 0 amide bonds. The SMILES string of the molecule is Cc1ccc(C(=O)O[C@H](C)C[NH+]2CCCCC2)cc1. The number of ether oxygens (including phenoxy) is 1. The maximum atomic E-state index is 12.0. The van der Waals surface area contributed by atoms with E-state index in [2.05, 4.69) is 0 Å². The van der Waals surface area contributed by atoms with Crippen LogP contribution in [0, 0.1) is 6.92 Å². The van der Waals surface area contributed by atoms with Crippen molar-refractivity contribution in [1.29, 1.82) is 0 Å². The van der Waals surface area contributed by atoms with Crippen molar-refractivity contribution in [3.8, 4) is 0 Å². The van der Waals surface area contributed by atoms with Crippen LogP contribution in [0.4, 0.5) is 0 Å². The first-order valence-corrected chi connectivity index (χ1v) is 7.26. The fourth-order valence-electron chi connectivity index (χ4n) is 2.64. The molecule has 1 aromatic rings. The van der Waals surface area contributed by atoms with E-state index in [1.54, 1.807) is 4.90 Å². The van der Waals surface area contributed by atoms with Crippen LogP contribution in [0.25, 0.3) is 0 Å². The molecule has 2 rings (SSSR count). The van der Waals surface area contributed by atoms with Crippen LogP contribution >= 0.6 is 0 Å². The maximum Gasteiger partial charge on any atom is 0.338 e. The highest BCUT2D eigenvalue weighted by Crippen LogP contribution is 2.06. The van der Waals surface area contributed by atoms with E-state index < -0.39 is 0 Å². The molecule has 3 heteroatoms. The van der Waals surface area contributed by atoms with Crippen LogP contribution in [-0.2, 0) is 4.74 Å². The molecule has 3 nitrogen and oxygen atoms in total. The molecule has 0 radical (unpaired) electrons. The summed E-state index contributed by atoms with van der Waals surface area (Å²) in [5, 5.41) is 0. The van der Waals surface area contributed by atoms with Crippen molar-refractivity contribution in [2.45, 2.75) is 39.2 Å². The number of aryl methyl sites for hydroxylation is 1. The number of piperidine rings is 1. The van der Waals surface area contributed by atoms with Gasteiger partial charge in [0, 0.05) is 0 Å². The zero-order chi connectivity index (χ0) is 13.7. The van der Waals surface area contributed by atoms with E-state index in [1.807, 2.05) is 38.1 Å². The molecule has 1 aliphatic rings. The first-order chi connectivity index (χ1) is 9.15. The molecule has 1 aliphatic heterocycles. The summed E-state index contributed by atoms with van der Waals surface area (Å²) in [6, 6.07) is 7.55. The van der Waals surface area contributed by atoms with Crippen LogP contribution in [0.15, 0.2) is 24.3 Å². The minimum atomic E-state index is -0.205. The lowest BCUT2D eigenvalue weighted by Crippen LogP contribution is -3.13. The Balaban J connectivity index is 1.82. The van der Waals surface area contributed by atoms with E-state index in [0.717, 1.165) is 12.1 Å². The molecule has 0 spiro atoms. The van der Waals surface area contributed by atoms with Crippen LogP contribution in [0.5, 0.6) is 0 Å². The summed E-state index contributed by atoms with van der Waals surface area (Å²) in [6.07, 6.45) is 3.94. The highest BCUT2D eigenvalue weighted by Gasteiger charge is 2.19. The summed E-state index contributed by atoms with van der Waals surface area (Å²) < 4.78 is 5.52. The number of rotatable bonds is 4. The smallest absolute Gasteiger partial charge is 0.338 e. The van der Waals surface area contributed by atoms with E-state index in [9.17, 15) is 4.79 Å². The van der Waals surface area contributed by atoms with Gasteiger partial charge in [0.25, 0.3) is 0 Å². The third-order valence-electron chi connectivity index (χ3n) is 3.73. The van der Waals surface area contributed by atoms with Gasteiger partial charge in [-0.1, -0.05) is 17.7 Å². The van der Waals surface area contributed by atoms with Crippen molar-refractivity contribution < 1.29 is 14.4 Å². The Bertz CT molecular complexity index is 407. The van der Waals surface area contributed by atoms with Gasteiger partial charge in [0.05, 0.1) is 18.7 Å². The van der Waals surface area contributed by atoms with Gasteiger partial charge in [-0.15, -0.1) is 0 Å². The molecule has 19 heavy (non-hydrogen) atoms. The monoisotopic (exact) mass is 262 g/mol. The largest absolute Gasteiger partial charge is 0.453 e. The van der Waals surface area contributed by atoms with Crippen molar-refractivity contribution in [2.24, 2.45) is 0 Å². The molecular formula is C16H24NO2+. The molecule has 1 fully saturated rings. The number of esters is 1. The molecule has 1 N–H and O–H groups in total. The van der Waals surface area contributed by atoms with Crippen LogP contribution < -0.4 is 4.90 Å². The minimum absolute atomic E-state index is 0.0121. The molecule has 0 aliphatic carbocycles. The summed E-state index contributed by atoms with van der Waals surface area (Å²) in [5.74, 6) is -0.205. The van der Waals surface area contributed by atoms with Gasteiger partial charge in [0.1, 0.15) is 12.6 Å². The van der Waals surface area contributed by atoms with Gasteiger partial charge in [-0.05, 0) is 45.2 Å². The average Bonchev–Trinajstić information content (AvgIpc) is 2.40. The van der Waals surface area contributed by atoms with E-state index in [4.69, 9.17) is 4.74 Å². The molecule has 1 saturated heterocycles. The minimum Gasteiger partial charge on any atom is -0.453 e. The Kier molecular flexibility index (Phi) is 4.97. The van der Waals surface area contributed by atoms with Crippen LogP contribution in [0.1, 0.15) is 42.1 Å². The first-order valence-electron chi connectivity index (χ1n) is 7.26. The Morgan fingerprint density at radius 3 is 2.47 bits per heavy atom. The van der Waals surface area contributed by atoms with Crippen molar-refractivity contribution in [2.75, 3.05) is 19.6 Å². The average molecular weight is 262 g/mol. The van der Waals surface area contributed by atoms with E-state index in [0.29, 0.717) is 5.56 Å². The number of hydrogen-bond acceptors (Lipinski definition) is 2. The van der Waals surface area contributed by atoms with Crippen LogP contribution in [0.3, 0.4) is 0 Å². The van der Waals surface area contributed by atoms with Gasteiger partial charge in [0.15, 0.2) is 0 Å². The summed E-state index contributed by atoms with van der Waals surface area (Å²) in [7, 11) is 0. The molecule has 1 heterocycles. The van der Waals surface area contributed by atoms with Crippen molar-refractivity contribution in [3.63, 3.8) is 0 Å². The van der Waals surface area contributed by atoms with Gasteiger partial charge in [-0.25, -0.2) is 4.79 Å². The number of likely N-dealkylation sites (tertiary alicyclic amines) is 1. The fraction of sp³-hybridized carbons (Fsp3) is 0.562. The van der Waals surface area contributed by atoms with Crippen molar-refractivity contribution in [1.82, 2.24) is 0 Å². The summed E-state index contributed by atoms with van der Waals surface area (Å²) >= 11 is 0. The molecule has 1 atom stereocenters. The molecule has 0 aromatic heterocycles. The highest BCUT2D eigenvalue weighted by molar-refractivity contribution is 5.89. The number of quaternary nitrogens is 1. The zero-order valence-electron chi connectivity index (χ0n) is 11.9. The number of hydrogen-bond donors (Lipinski definition) is 1. The molecule has 0 unspecified atom stereocenters. The Hall–Kier alpha value is -1.35. The third kappa shape index (κ3) is 4.35. The predicted octanol–water partition coefficient (Wildman–Crippen LogP) is 1.61. The van der Waals surface area contributed by atoms with Crippen molar-refractivity contribution >= 4 is 5.97 Å². The topological polar surface area (TPSA) is 30.7 Å². The van der Waals surface area contributed by atoms with Crippen LogP contribution in [-0.4, -0.2) is 31.7 Å². The molecule has 1 aromatic carbocycles. The standard InChI is InChI=1S/C16H23NO2/c1-13-6-8-15(9-7-13)16(18)19-14(2)12-17-10-4-3-5-11-17/h6-9,14H,3-5,10-12H2,1-2H3/p+1/t14-/m1/s1. The van der Waals surface area contributed by atoms with Gasteiger partial charge in [-0.2, -0.15) is 0 Å². The lowest BCUT2D eigenvalue weighted by Gasteiger charge is -2.26. The molecule has 0 saturated carbocycles. The number of benzene rings is 1. The summed E-state index contributed by atoms with van der Waals surface area (Å²) in [6.45, 7) is 7.36. The van der Waals surface area contributed by atoms with Gasteiger partial charge in [0.2, 0.25) is 0 Å². The Labute approximate surface area is 115 Å². The van der Waals surface area contributed by atoms with E-state index in [-0.39, 0.29) is 12.1 Å². The third-order valence-corrected chi connectivity index (χ3v) is 3.73. The first kappa shape index (κ1) is 14.1. The normalized spacial score (nSPS) is 18.0.